The third-order valence-corrected chi connectivity index (χ3v) is 7.37. The molecule has 2 unspecified atom stereocenters. The van der Waals surface area contributed by atoms with E-state index in [0.29, 0.717) is 19.4 Å². The number of hydrogen-bond acceptors (Lipinski definition) is 6. The van der Waals surface area contributed by atoms with Crippen LogP contribution in [0.4, 0.5) is 13.2 Å². The van der Waals surface area contributed by atoms with E-state index in [-0.39, 0.29) is 42.5 Å². The molecule has 0 radical (unpaired) electrons. The minimum absolute atomic E-state index is 0.0318. The molecule has 2 aliphatic heterocycles. The summed E-state index contributed by atoms with van der Waals surface area (Å²) in [4.78, 5) is 52.0. The summed E-state index contributed by atoms with van der Waals surface area (Å²) in [6.45, 7) is 5.06. The third-order valence-electron chi connectivity index (χ3n) is 7.37. The predicted octanol–water partition coefficient (Wildman–Crippen LogP) is 0.747. The molecule has 3 rings (SSSR count). The summed E-state index contributed by atoms with van der Waals surface area (Å²) in [5.74, 6) is -3.43. The highest BCUT2D eigenvalue weighted by Gasteiger charge is 2.69. The number of hydrogen-bond donors (Lipinski definition) is 3. The maximum absolute atomic E-state index is 13.3. The average molecular weight is 492 g/mol. The molecule has 0 bridgehead atoms. The van der Waals surface area contributed by atoms with Gasteiger partial charge in [-0.2, -0.15) is 0 Å². The molecule has 2 heterocycles. The standard InChI is InChI=1S/C22H32F3N3O6/c1-4-5-14(29)20(33)28-9-12-16(21(12,2)3)17(28)19(32)27-13(8-11-6-7-26-18(11)31)15(30)10-34-22(23,24)25/h11-14,16-17,29H,4-10H2,1-3H3,(H,26,31)(H,27,32)/t11-,12-,13?,14?,16-,17-/m0/s1. The number of fused-ring (bicyclic) bond motifs is 1. The van der Waals surface area contributed by atoms with Gasteiger partial charge in [0, 0.05) is 19.0 Å². The molecule has 3 amide bonds. The molecule has 0 aromatic heterocycles. The maximum atomic E-state index is 13.3. The van der Waals surface area contributed by atoms with Crippen molar-refractivity contribution in [3.63, 3.8) is 0 Å². The Kier molecular flexibility index (Phi) is 7.61. The first-order valence-corrected chi connectivity index (χ1v) is 11.6. The molecule has 6 atom stereocenters. The SMILES string of the molecule is CCCC(O)C(=O)N1C[C@H]2[C@@H]([C@H]1C(=O)NC(C[C@@H]1CCNC1=O)C(=O)COC(F)(F)F)C2(C)C. The maximum Gasteiger partial charge on any atom is 0.522 e. The van der Waals surface area contributed by atoms with Crippen LogP contribution in [-0.4, -0.2) is 77.8 Å². The summed E-state index contributed by atoms with van der Waals surface area (Å²) in [5, 5.41) is 15.3. The van der Waals surface area contributed by atoms with Gasteiger partial charge >= 0.3 is 6.36 Å². The molecule has 9 nitrogen and oxygen atoms in total. The summed E-state index contributed by atoms with van der Waals surface area (Å²) in [6.07, 6.45) is -5.28. The number of halogens is 3. The van der Waals surface area contributed by atoms with Crippen molar-refractivity contribution in [1.82, 2.24) is 15.5 Å². The van der Waals surface area contributed by atoms with E-state index in [1.807, 2.05) is 20.8 Å². The number of likely N-dealkylation sites (tertiary alicyclic amines) is 1. The molecule has 0 spiro atoms. The van der Waals surface area contributed by atoms with Crippen LogP contribution in [0, 0.1) is 23.2 Å². The molecule has 192 valence electrons. The second kappa shape index (κ2) is 9.80. The van der Waals surface area contributed by atoms with Crippen molar-refractivity contribution in [3.05, 3.63) is 0 Å². The monoisotopic (exact) mass is 491 g/mol. The molecule has 1 aliphatic carbocycles. The first kappa shape index (κ1) is 26.4. The van der Waals surface area contributed by atoms with Crippen LogP contribution in [0.1, 0.15) is 46.5 Å². The molecule has 3 fully saturated rings. The van der Waals surface area contributed by atoms with Gasteiger partial charge in [0.15, 0.2) is 5.78 Å². The zero-order valence-corrected chi connectivity index (χ0v) is 19.5. The van der Waals surface area contributed by atoms with Gasteiger partial charge in [-0.05, 0) is 36.5 Å². The van der Waals surface area contributed by atoms with Gasteiger partial charge < -0.3 is 20.6 Å². The van der Waals surface area contributed by atoms with Crippen LogP contribution in [0.5, 0.6) is 0 Å². The Hall–Kier alpha value is -2.21. The van der Waals surface area contributed by atoms with E-state index in [9.17, 15) is 37.5 Å². The fraction of sp³-hybridized carbons (Fsp3) is 0.818. The minimum Gasteiger partial charge on any atom is -0.383 e. The van der Waals surface area contributed by atoms with Crippen molar-refractivity contribution in [2.45, 2.75) is 71.0 Å². The van der Waals surface area contributed by atoms with Crippen LogP contribution < -0.4 is 10.6 Å². The fourth-order valence-corrected chi connectivity index (χ4v) is 5.34. The number of amides is 3. The lowest BCUT2D eigenvalue weighted by atomic mass is 9.94. The van der Waals surface area contributed by atoms with Crippen LogP contribution in [0.3, 0.4) is 0 Å². The first-order valence-electron chi connectivity index (χ1n) is 11.6. The van der Waals surface area contributed by atoms with E-state index in [2.05, 4.69) is 15.4 Å². The van der Waals surface area contributed by atoms with Crippen LogP contribution in [0.25, 0.3) is 0 Å². The summed E-state index contributed by atoms with van der Waals surface area (Å²) >= 11 is 0. The molecule has 1 saturated carbocycles. The van der Waals surface area contributed by atoms with Crippen molar-refractivity contribution < 1.29 is 42.2 Å². The summed E-state index contributed by atoms with van der Waals surface area (Å²) in [6, 6.07) is -2.35. The molecule has 0 aromatic rings. The number of piperidine rings is 1. The fourth-order valence-electron chi connectivity index (χ4n) is 5.34. The summed E-state index contributed by atoms with van der Waals surface area (Å²) in [7, 11) is 0. The largest absolute Gasteiger partial charge is 0.522 e. The quantitative estimate of drug-likeness (QED) is 0.414. The second-order valence-electron chi connectivity index (χ2n) is 9.97. The lowest BCUT2D eigenvalue weighted by Crippen LogP contribution is -2.56. The number of Topliss-reactive ketones (excluding diaryl/α,β-unsaturated/α-hetero) is 1. The Balaban J connectivity index is 1.77. The Morgan fingerprint density at radius 2 is 2.00 bits per heavy atom. The number of nitrogens with one attached hydrogen (secondary N) is 2. The molecule has 3 aliphatic rings. The molecule has 34 heavy (non-hydrogen) atoms. The van der Waals surface area contributed by atoms with E-state index in [4.69, 9.17) is 0 Å². The van der Waals surface area contributed by atoms with Crippen LogP contribution in [0.2, 0.25) is 0 Å². The van der Waals surface area contributed by atoms with Crippen molar-refractivity contribution in [2.24, 2.45) is 23.2 Å². The van der Waals surface area contributed by atoms with Gasteiger partial charge in [-0.15, -0.1) is 13.2 Å². The molecule has 12 heteroatoms. The molecule has 2 saturated heterocycles. The van der Waals surface area contributed by atoms with Gasteiger partial charge in [-0.1, -0.05) is 27.2 Å². The zero-order chi connectivity index (χ0) is 25.4. The number of aliphatic hydroxyl groups is 1. The van der Waals surface area contributed by atoms with E-state index >= 15 is 0 Å². The van der Waals surface area contributed by atoms with Gasteiger partial charge in [0.2, 0.25) is 11.8 Å². The van der Waals surface area contributed by atoms with E-state index in [1.54, 1.807) is 0 Å². The Bertz CT molecular complexity index is 833. The van der Waals surface area contributed by atoms with Crippen LogP contribution >= 0.6 is 0 Å². The van der Waals surface area contributed by atoms with Gasteiger partial charge in [0.1, 0.15) is 18.8 Å². The summed E-state index contributed by atoms with van der Waals surface area (Å²) in [5.41, 5.74) is -0.237. The Labute approximate surface area is 195 Å². The Morgan fingerprint density at radius 1 is 1.32 bits per heavy atom. The van der Waals surface area contributed by atoms with Gasteiger partial charge in [0.05, 0.1) is 6.04 Å². The number of ketones is 1. The van der Waals surface area contributed by atoms with Crippen LogP contribution in [-0.2, 0) is 23.9 Å². The lowest BCUT2D eigenvalue weighted by Gasteiger charge is -2.32. The number of alkyl halides is 3. The van der Waals surface area contributed by atoms with E-state index in [0.717, 1.165) is 0 Å². The van der Waals surface area contributed by atoms with E-state index in [1.165, 1.54) is 4.90 Å². The molecular weight excluding hydrogens is 459 g/mol. The van der Waals surface area contributed by atoms with E-state index < -0.39 is 54.7 Å². The zero-order valence-electron chi connectivity index (χ0n) is 19.5. The lowest BCUT2D eigenvalue weighted by molar-refractivity contribution is -0.321. The van der Waals surface area contributed by atoms with Crippen molar-refractivity contribution in [2.75, 3.05) is 19.7 Å². The number of carbonyl (C=O) groups excluding carboxylic acids is 4. The van der Waals surface area contributed by atoms with Gasteiger partial charge in [-0.3, -0.25) is 23.9 Å². The van der Waals surface area contributed by atoms with Crippen molar-refractivity contribution in [1.29, 1.82) is 0 Å². The van der Waals surface area contributed by atoms with Crippen molar-refractivity contribution >= 4 is 23.5 Å². The molecule has 3 N–H and O–H groups in total. The van der Waals surface area contributed by atoms with Crippen LogP contribution in [0.15, 0.2) is 0 Å². The van der Waals surface area contributed by atoms with Crippen molar-refractivity contribution in [3.8, 4) is 0 Å². The Morgan fingerprint density at radius 3 is 2.56 bits per heavy atom. The highest BCUT2D eigenvalue weighted by atomic mass is 19.4. The number of ether oxygens (including phenoxy) is 1. The topological polar surface area (TPSA) is 125 Å². The minimum atomic E-state index is -5.02. The van der Waals surface area contributed by atoms with Gasteiger partial charge in [0.25, 0.3) is 5.91 Å². The molecular formula is C22H32F3N3O6. The normalized spacial score (nSPS) is 29.3. The summed E-state index contributed by atoms with van der Waals surface area (Å²) < 4.78 is 41.1. The van der Waals surface area contributed by atoms with Gasteiger partial charge in [-0.25, -0.2) is 0 Å². The number of nitrogens with zero attached hydrogens (tertiary/aromatic N) is 1. The predicted molar refractivity (Wildman–Crippen MR) is 112 cm³/mol. The highest BCUT2D eigenvalue weighted by molar-refractivity contribution is 5.95. The number of aliphatic hydroxyl groups excluding tert-OH is 1. The average Bonchev–Trinajstić information content (AvgIpc) is 3.11. The third kappa shape index (κ3) is 5.54. The number of carbonyl (C=O) groups is 4. The highest BCUT2D eigenvalue weighted by Crippen LogP contribution is 2.64. The smallest absolute Gasteiger partial charge is 0.383 e. The number of rotatable bonds is 10. The second-order valence-corrected chi connectivity index (χ2v) is 9.97. The first-order chi connectivity index (χ1) is 15.8. The molecule has 0 aromatic carbocycles.